The minimum Gasteiger partial charge on any atom is -0.337 e. The lowest BCUT2D eigenvalue weighted by Gasteiger charge is -2.02. The third-order valence-corrected chi connectivity index (χ3v) is 2.76. The van der Waals surface area contributed by atoms with Crippen molar-refractivity contribution in [3.05, 3.63) is 54.4 Å². The van der Waals surface area contributed by atoms with Gasteiger partial charge in [0.15, 0.2) is 6.29 Å². The molecule has 3 nitrogen and oxygen atoms in total. The molecule has 3 aromatic rings. The lowest BCUT2D eigenvalue weighted by molar-refractivity contribution is 0.112. The van der Waals surface area contributed by atoms with Gasteiger partial charge >= 0.3 is 0 Å². The first-order chi connectivity index (χ1) is 8.38. The number of nitrogens with one attached hydrogen (secondary N) is 1. The second-order valence-electron chi connectivity index (χ2n) is 3.83. The van der Waals surface area contributed by atoms with Crippen LogP contribution in [0, 0.1) is 0 Å². The zero-order chi connectivity index (χ0) is 11.7. The number of nitrogens with zero attached hydrogens (tertiary/aromatic N) is 1. The second-order valence-corrected chi connectivity index (χ2v) is 3.83. The highest BCUT2D eigenvalue weighted by molar-refractivity contribution is 5.96. The van der Waals surface area contributed by atoms with Gasteiger partial charge in [-0.2, -0.15) is 0 Å². The number of aldehydes is 1. The molecule has 0 aliphatic rings. The first-order valence-corrected chi connectivity index (χ1v) is 5.37. The van der Waals surface area contributed by atoms with Crippen LogP contribution in [-0.4, -0.2) is 16.3 Å². The van der Waals surface area contributed by atoms with Gasteiger partial charge in [0.05, 0.1) is 5.69 Å². The number of hydrogen-bond donors (Lipinski definition) is 1. The van der Waals surface area contributed by atoms with E-state index in [1.807, 2.05) is 42.5 Å². The number of rotatable bonds is 2. The van der Waals surface area contributed by atoms with Gasteiger partial charge < -0.3 is 4.98 Å². The Bertz CT molecular complexity index is 671. The summed E-state index contributed by atoms with van der Waals surface area (Å²) in [7, 11) is 0. The van der Waals surface area contributed by atoms with E-state index in [4.69, 9.17) is 0 Å². The summed E-state index contributed by atoms with van der Waals surface area (Å²) in [6, 6.07) is 13.8. The highest BCUT2D eigenvalue weighted by atomic mass is 16.1. The predicted octanol–water partition coefficient (Wildman–Crippen LogP) is 3.04. The van der Waals surface area contributed by atoms with Crippen LogP contribution >= 0.6 is 0 Å². The molecule has 2 aromatic heterocycles. The molecule has 0 spiro atoms. The van der Waals surface area contributed by atoms with E-state index in [9.17, 15) is 4.79 Å². The van der Waals surface area contributed by atoms with Crippen LogP contribution in [0.5, 0.6) is 0 Å². The fourth-order valence-electron chi connectivity index (χ4n) is 1.98. The first-order valence-electron chi connectivity index (χ1n) is 5.37. The average Bonchev–Trinajstić information content (AvgIpc) is 2.82. The smallest absolute Gasteiger partial charge is 0.166 e. The molecule has 0 amide bonds. The fraction of sp³-hybridized carbons (Fsp3) is 0. The van der Waals surface area contributed by atoms with Gasteiger partial charge in [-0.25, -0.2) is 4.98 Å². The Morgan fingerprint density at radius 2 is 1.94 bits per heavy atom. The van der Waals surface area contributed by atoms with Crippen LogP contribution in [-0.2, 0) is 0 Å². The number of aromatic amines is 1. The van der Waals surface area contributed by atoms with Gasteiger partial charge in [-0.3, -0.25) is 4.79 Å². The van der Waals surface area contributed by atoms with Crippen molar-refractivity contribution in [2.75, 3.05) is 0 Å². The molecule has 3 heteroatoms. The van der Waals surface area contributed by atoms with Crippen LogP contribution < -0.4 is 0 Å². The Labute approximate surface area is 98.1 Å². The molecule has 17 heavy (non-hydrogen) atoms. The normalized spacial score (nSPS) is 10.6. The third-order valence-electron chi connectivity index (χ3n) is 2.76. The molecule has 0 bridgehead atoms. The van der Waals surface area contributed by atoms with Gasteiger partial charge in [0, 0.05) is 11.6 Å². The Hall–Kier alpha value is -2.42. The number of pyridine rings is 1. The van der Waals surface area contributed by atoms with Crippen molar-refractivity contribution >= 4 is 17.3 Å². The van der Waals surface area contributed by atoms with Crippen molar-refractivity contribution in [1.82, 2.24) is 9.97 Å². The maximum Gasteiger partial charge on any atom is 0.166 e. The van der Waals surface area contributed by atoms with Crippen molar-refractivity contribution in [2.45, 2.75) is 0 Å². The monoisotopic (exact) mass is 222 g/mol. The summed E-state index contributed by atoms with van der Waals surface area (Å²) < 4.78 is 0. The number of H-pyrrole nitrogens is 1. The molecule has 2 heterocycles. The van der Waals surface area contributed by atoms with E-state index >= 15 is 0 Å². The number of carbonyl (C=O) groups excluding carboxylic acids is 1. The van der Waals surface area contributed by atoms with Gasteiger partial charge in [0.2, 0.25) is 0 Å². The maximum absolute atomic E-state index is 10.8. The Morgan fingerprint density at radius 3 is 2.71 bits per heavy atom. The predicted molar refractivity (Wildman–Crippen MR) is 66.9 cm³/mol. The topological polar surface area (TPSA) is 45.8 Å². The minimum atomic E-state index is 0.552. The number of carbonyl (C=O) groups is 1. The molecule has 0 aliphatic heterocycles. The molecule has 1 aromatic carbocycles. The Morgan fingerprint density at radius 1 is 1.12 bits per heavy atom. The lowest BCUT2D eigenvalue weighted by Crippen LogP contribution is -1.81. The van der Waals surface area contributed by atoms with E-state index in [0.717, 1.165) is 28.4 Å². The van der Waals surface area contributed by atoms with E-state index in [1.54, 1.807) is 6.20 Å². The van der Waals surface area contributed by atoms with Gasteiger partial charge in [-0.05, 0) is 23.3 Å². The van der Waals surface area contributed by atoms with Crippen molar-refractivity contribution in [3.63, 3.8) is 0 Å². The molecule has 0 atom stereocenters. The quantitative estimate of drug-likeness (QED) is 0.677. The Kier molecular flexibility index (Phi) is 2.22. The van der Waals surface area contributed by atoms with Crippen LogP contribution in [0.25, 0.3) is 22.2 Å². The van der Waals surface area contributed by atoms with Crippen molar-refractivity contribution in [1.29, 1.82) is 0 Å². The number of aromatic nitrogens is 2. The molecule has 82 valence electrons. The van der Waals surface area contributed by atoms with Gasteiger partial charge in [0.25, 0.3) is 0 Å². The highest BCUT2D eigenvalue weighted by Gasteiger charge is 2.07. The molecule has 0 radical (unpaired) electrons. The molecule has 1 N–H and O–H groups in total. The van der Waals surface area contributed by atoms with Crippen molar-refractivity contribution in [3.8, 4) is 11.1 Å². The van der Waals surface area contributed by atoms with Gasteiger partial charge in [-0.15, -0.1) is 0 Å². The zero-order valence-corrected chi connectivity index (χ0v) is 9.05. The van der Waals surface area contributed by atoms with Crippen LogP contribution in [0.3, 0.4) is 0 Å². The molecule has 0 fully saturated rings. The summed E-state index contributed by atoms with van der Waals surface area (Å²) in [5.41, 5.74) is 3.50. The van der Waals surface area contributed by atoms with Crippen LogP contribution in [0.2, 0.25) is 0 Å². The summed E-state index contributed by atoms with van der Waals surface area (Å²) >= 11 is 0. The molecular weight excluding hydrogens is 212 g/mol. The largest absolute Gasteiger partial charge is 0.337 e. The van der Waals surface area contributed by atoms with E-state index in [2.05, 4.69) is 9.97 Å². The van der Waals surface area contributed by atoms with Crippen LogP contribution in [0.4, 0.5) is 0 Å². The Balaban J connectivity index is 2.29. The summed E-state index contributed by atoms with van der Waals surface area (Å²) in [4.78, 5) is 18.0. The first kappa shape index (κ1) is 9.78. The second kappa shape index (κ2) is 3.87. The molecule has 0 unspecified atom stereocenters. The zero-order valence-electron chi connectivity index (χ0n) is 9.05. The average molecular weight is 222 g/mol. The molecule has 3 rings (SSSR count). The van der Waals surface area contributed by atoms with E-state index < -0.39 is 0 Å². The summed E-state index contributed by atoms with van der Waals surface area (Å²) in [6.45, 7) is 0. The van der Waals surface area contributed by atoms with Gasteiger partial charge in [0.1, 0.15) is 5.65 Å². The third kappa shape index (κ3) is 1.61. The van der Waals surface area contributed by atoms with E-state index in [1.165, 1.54) is 0 Å². The summed E-state index contributed by atoms with van der Waals surface area (Å²) in [6.07, 6.45) is 2.55. The number of hydrogen-bond acceptors (Lipinski definition) is 2. The highest BCUT2D eigenvalue weighted by Crippen LogP contribution is 2.27. The molecule has 0 saturated carbocycles. The molecule has 0 aliphatic carbocycles. The standard InChI is InChI=1S/C14H10N2O/c17-9-11-8-13-12(6-7-15-14(13)16-11)10-4-2-1-3-5-10/h1-9H,(H,15,16). The van der Waals surface area contributed by atoms with E-state index in [0.29, 0.717) is 5.69 Å². The molecular formula is C14H10N2O. The van der Waals surface area contributed by atoms with Crippen LogP contribution in [0.15, 0.2) is 48.7 Å². The number of fused-ring (bicyclic) bond motifs is 1. The summed E-state index contributed by atoms with van der Waals surface area (Å²) in [5, 5.41) is 0.973. The van der Waals surface area contributed by atoms with Crippen LogP contribution in [0.1, 0.15) is 10.5 Å². The fourth-order valence-corrected chi connectivity index (χ4v) is 1.98. The van der Waals surface area contributed by atoms with E-state index in [-0.39, 0.29) is 0 Å². The minimum absolute atomic E-state index is 0.552. The van der Waals surface area contributed by atoms with Gasteiger partial charge in [-0.1, -0.05) is 30.3 Å². The number of benzene rings is 1. The maximum atomic E-state index is 10.8. The van der Waals surface area contributed by atoms with Crippen molar-refractivity contribution in [2.24, 2.45) is 0 Å². The summed E-state index contributed by atoms with van der Waals surface area (Å²) in [5.74, 6) is 0. The van der Waals surface area contributed by atoms with Crippen molar-refractivity contribution < 1.29 is 4.79 Å². The lowest BCUT2D eigenvalue weighted by atomic mass is 10.0. The molecule has 0 saturated heterocycles. The SMILES string of the molecule is O=Cc1cc2c(-c3ccccc3)ccnc2[nH]1.